The predicted molar refractivity (Wildman–Crippen MR) is 177 cm³/mol. The maximum absolute atomic E-state index is 14.5. The molecule has 4 saturated carbocycles. The van der Waals surface area contributed by atoms with E-state index >= 15 is 0 Å². The third-order valence-electron chi connectivity index (χ3n) is 11.3. The smallest absolute Gasteiger partial charge is 0.245 e. The summed E-state index contributed by atoms with van der Waals surface area (Å²) in [6, 6.07) is 13.5. The molecular weight excluding hydrogens is 602 g/mol. The molecule has 5 unspecified atom stereocenters. The Hall–Kier alpha value is -3.40. The van der Waals surface area contributed by atoms with Crippen LogP contribution < -0.4 is 10.6 Å². The first kappa shape index (κ1) is 31.2. The molecule has 0 radical (unpaired) electrons. The monoisotopic (exact) mass is 645 g/mol. The van der Waals surface area contributed by atoms with Crippen LogP contribution in [0.1, 0.15) is 56.1 Å². The average Bonchev–Trinajstić information content (AvgIpc) is 3.63. The summed E-state index contributed by atoms with van der Waals surface area (Å²) in [4.78, 5) is 49.2. The number of aliphatic hydroxyl groups is 1. The Labute approximate surface area is 275 Å². The van der Waals surface area contributed by atoms with Crippen LogP contribution in [0.15, 0.2) is 54.7 Å². The van der Waals surface area contributed by atoms with Gasteiger partial charge in [0, 0.05) is 60.6 Å². The number of hydrogen-bond acceptors (Lipinski definition) is 5. The number of halogens is 1. The number of rotatable bonds is 9. The topological polar surface area (TPSA) is 118 Å². The van der Waals surface area contributed by atoms with Crippen molar-refractivity contribution in [2.24, 2.45) is 17.3 Å². The van der Waals surface area contributed by atoms with Crippen LogP contribution in [0.4, 0.5) is 0 Å². The summed E-state index contributed by atoms with van der Waals surface area (Å²) in [5.41, 5.74) is 2.13. The van der Waals surface area contributed by atoms with Gasteiger partial charge in [0.25, 0.3) is 0 Å². The van der Waals surface area contributed by atoms with Gasteiger partial charge in [-0.1, -0.05) is 48.0 Å². The van der Waals surface area contributed by atoms with Crippen molar-refractivity contribution in [2.45, 2.75) is 81.6 Å². The predicted octanol–water partition coefficient (Wildman–Crippen LogP) is 4.03. The SMILES string of the molecule is CNC12CC3CC(C1)CC(C(=O)N1CC(O)CC1C(=O)NC(Cc1c[nH]c4ccccc14)C(=O)N(C)Cc1ccccc1Cl)(C3)C2. The number of para-hydroxylation sites is 1. The fourth-order valence-electron chi connectivity index (χ4n) is 9.61. The number of likely N-dealkylation sites (N-methyl/N-ethyl adjacent to an activating group) is 1. The normalized spacial score (nSPS) is 30.5. The van der Waals surface area contributed by atoms with Crippen molar-refractivity contribution >= 4 is 40.2 Å². The Kier molecular flexibility index (Phi) is 8.14. The largest absolute Gasteiger partial charge is 0.391 e. The molecule has 4 N–H and O–H groups in total. The van der Waals surface area contributed by atoms with E-state index in [1.807, 2.05) is 55.7 Å². The van der Waals surface area contributed by atoms with Crippen LogP contribution >= 0.6 is 11.6 Å². The molecule has 46 heavy (non-hydrogen) atoms. The zero-order chi connectivity index (χ0) is 32.2. The van der Waals surface area contributed by atoms with Crippen LogP contribution in [0, 0.1) is 17.3 Å². The van der Waals surface area contributed by atoms with Crippen molar-refractivity contribution in [3.8, 4) is 0 Å². The first-order valence-corrected chi connectivity index (χ1v) is 17.0. The molecule has 5 atom stereocenters. The molecule has 3 aromatic rings. The van der Waals surface area contributed by atoms with Crippen molar-refractivity contribution in [1.29, 1.82) is 0 Å². The van der Waals surface area contributed by atoms with E-state index < -0.39 is 29.5 Å². The van der Waals surface area contributed by atoms with Crippen LogP contribution in [0.5, 0.6) is 0 Å². The maximum Gasteiger partial charge on any atom is 0.245 e. The number of β-amino-alcohol motifs (C(OH)–C–C–N with tert-alkyl or cyclic N) is 1. The lowest BCUT2D eigenvalue weighted by Crippen LogP contribution is -2.65. The summed E-state index contributed by atoms with van der Waals surface area (Å²) in [5.74, 6) is 0.344. The highest BCUT2D eigenvalue weighted by atomic mass is 35.5. The number of fused-ring (bicyclic) bond motifs is 1. The molecule has 3 amide bonds. The average molecular weight is 646 g/mol. The second-order valence-electron chi connectivity index (χ2n) is 14.5. The third kappa shape index (κ3) is 5.60. The quantitative estimate of drug-likeness (QED) is 0.280. The Morgan fingerprint density at radius 2 is 1.76 bits per heavy atom. The number of nitrogens with zero attached hydrogens (tertiary/aromatic N) is 2. The molecule has 1 aliphatic heterocycles. The number of aromatic amines is 1. The molecule has 2 heterocycles. The standard InChI is InChI=1S/C36H44ClN5O4/c1-38-36-16-22-11-23(17-36)15-35(14-22,21-36)34(46)42-20-26(43)13-31(42)32(44)40-30(12-25-18-39-29-10-6-4-8-27(25)29)33(45)41(2)19-24-7-3-5-9-28(24)37/h3-10,18,22-23,26,30-31,38-39,43H,11-17,19-21H2,1-2H3,(H,40,44). The lowest BCUT2D eigenvalue weighted by Gasteiger charge is -2.62. The van der Waals surface area contributed by atoms with Gasteiger partial charge >= 0.3 is 0 Å². The molecule has 5 aliphatic rings. The van der Waals surface area contributed by atoms with Gasteiger partial charge in [0.15, 0.2) is 0 Å². The number of benzene rings is 2. The molecule has 10 heteroatoms. The Morgan fingerprint density at radius 3 is 2.50 bits per heavy atom. The maximum atomic E-state index is 14.5. The number of carbonyl (C=O) groups excluding carboxylic acids is 3. The number of carbonyl (C=O) groups is 3. The highest BCUT2D eigenvalue weighted by Gasteiger charge is 2.62. The van der Waals surface area contributed by atoms with Crippen LogP contribution in [0.25, 0.3) is 10.9 Å². The van der Waals surface area contributed by atoms with Crippen molar-refractivity contribution < 1.29 is 19.5 Å². The second-order valence-corrected chi connectivity index (χ2v) is 15.0. The van der Waals surface area contributed by atoms with Gasteiger partial charge in [-0.3, -0.25) is 14.4 Å². The summed E-state index contributed by atoms with van der Waals surface area (Å²) in [5, 5.41) is 19.0. The van der Waals surface area contributed by atoms with E-state index in [1.165, 1.54) is 6.42 Å². The van der Waals surface area contributed by atoms with Gasteiger partial charge in [0.2, 0.25) is 17.7 Å². The summed E-state index contributed by atoms with van der Waals surface area (Å²) in [6.45, 7) is 0.414. The highest BCUT2D eigenvalue weighted by Crippen LogP contribution is 2.62. The van der Waals surface area contributed by atoms with Crippen molar-refractivity contribution in [1.82, 2.24) is 25.4 Å². The number of nitrogens with one attached hydrogen (secondary N) is 3. The Bertz CT molecular complexity index is 1640. The van der Waals surface area contributed by atoms with Crippen LogP contribution in [0.3, 0.4) is 0 Å². The minimum atomic E-state index is -0.888. The number of hydrogen-bond donors (Lipinski definition) is 4. The van der Waals surface area contributed by atoms with Gasteiger partial charge < -0.3 is 30.5 Å². The van der Waals surface area contributed by atoms with E-state index in [0.717, 1.165) is 54.1 Å². The first-order valence-electron chi connectivity index (χ1n) is 16.6. The van der Waals surface area contributed by atoms with Gasteiger partial charge in [-0.05, 0) is 80.7 Å². The lowest BCUT2D eigenvalue weighted by atomic mass is 9.46. The fourth-order valence-corrected chi connectivity index (χ4v) is 9.81. The molecule has 4 bridgehead atoms. The van der Waals surface area contributed by atoms with Gasteiger partial charge in [0.05, 0.1) is 11.5 Å². The molecule has 1 saturated heterocycles. The number of aliphatic hydroxyl groups excluding tert-OH is 1. The van der Waals surface area contributed by atoms with E-state index in [0.29, 0.717) is 16.9 Å². The minimum absolute atomic E-state index is 0.00623. The van der Waals surface area contributed by atoms with Crippen molar-refractivity contribution in [3.63, 3.8) is 0 Å². The summed E-state index contributed by atoms with van der Waals surface area (Å²) < 4.78 is 0. The van der Waals surface area contributed by atoms with Gasteiger partial charge in [-0.25, -0.2) is 0 Å². The lowest BCUT2D eigenvalue weighted by molar-refractivity contribution is -0.164. The third-order valence-corrected chi connectivity index (χ3v) is 11.7. The van der Waals surface area contributed by atoms with Crippen LogP contribution in [-0.2, 0) is 27.3 Å². The van der Waals surface area contributed by atoms with Crippen molar-refractivity contribution in [2.75, 3.05) is 20.6 Å². The number of aromatic nitrogens is 1. The molecule has 5 fully saturated rings. The van der Waals surface area contributed by atoms with E-state index in [4.69, 9.17) is 11.6 Å². The van der Waals surface area contributed by atoms with Gasteiger partial charge in [-0.15, -0.1) is 0 Å². The fraction of sp³-hybridized carbons (Fsp3) is 0.528. The number of H-pyrrole nitrogens is 1. The Morgan fingerprint density at radius 1 is 1.04 bits per heavy atom. The summed E-state index contributed by atoms with van der Waals surface area (Å²) in [6.07, 6.45) is 7.35. The van der Waals surface area contributed by atoms with Crippen molar-refractivity contribution in [3.05, 3.63) is 70.9 Å². The van der Waals surface area contributed by atoms with E-state index in [-0.39, 0.29) is 43.3 Å². The van der Waals surface area contributed by atoms with E-state index in [2.05, 4.69) is 15.6 Å². The molecule has 0 spiro atoms. The molecule has 8 rings (SSSR count). The van der Waals surface area contributed by atoms with Crippen LogP contribution in [-0.4, -0.2) is 82.0 Å². The zero-order valence-electron chi connectivity index (χ0n) is 26.6. The Balaban J connectivity index is 1.14. The van der Waals surface area contributed by atoms with Gasteiger partial charge in [0.1, 0.15) is 12.1 Å². The van der Waals surface area contributed by atoms with Crippen LogP contribution in [0.2, 0.25) is 5.02 Å². The molecule has 4 aliphatic carbocycles. The van der Waals surface area contributed by atoms with E-state index in [9.17, 15) is 19.5 Å². The second kappa shape index (κ2) is 12.0. The zero-order valence-corrected chi connectivity index (χ0v) is 27.4. The number of amides is 3. The molecule has 244 valence electrons. The molecule has 2 aromatic carbocycles. The van der Waals surface area contributed by atoms with E-state index in [1.54, 1.807) is 22.9 Å². The summed E-state index contributed by atoms with van der Waals surface area (Å²) >= 11 is 6.42. The van der Waals surface area contributed by atoms with Gasteiger partial charge in [-0.2, -0.15) is 0 Å². The minimum Gasteiger partial charge on any atom is -0.391 e. The molecular formula is C36H44ClN5O4. The number of likely N-dealkylation sites (tertiary alicyclic amines) is 1. The molecule has 1 aromatic heterocycles. The highest BCUT2D eigenvalue weighted by molar-refractivity contribution is 6.31. The molecule has 9 nitrogen and oxygen atoms in total. The summed E-state index contributed by atoms with van der Waals surface area (Å²) in [7, 11) is 3.72. The first-order chi connectivity index (χ1) is 22.1.